The Balaban J connectivity index is 1.47. The van der Waals surface area contributed by atoms with E-state index >= 15 is 0 Å². The highest BCUT2D eigenvalue weighted by Crippen LogP contribution is 2.25. The van der Waals surface area contributed by atoms with Gasteiger partial charge in [-0.2, -0.15) is 10.2 Å². The van der Waals surface area contributed by atoms with Gasteiger partial charge in [-0.05, 0) is 46.6 Å². The van der Waals surface area contributed by atoms with E-state index in [1.54, 1.807) is 29.1 Å². The van der Waals surface area contributed by atoms with Gasteiger partial charge in [0.15, 0.2) is 5.82 Å². The summed E-state index contributed by atoms with van der Waals surface area (Å²) in [6, 6.07) is 15.0. The van der Waals surface area contributed by atoms with Crippen LogP contribution in [0.1, 0.15) is 21.6 Å². The lowest BCUT2D eigenvalue weighted by Crippen LogP contribution is -2.13. The molecule has 6 nitrogen and oxygen atoms in total. The van der Waals surface area contributed by atoms with Crippen LogP contribution in [-0.2, 0) is 6.54 Å². The Labute approximate surface area is 191 Å². The van der Waals surface area contributed by atoms with Gasteiger partial charge >= 0.3 is 0 Å². The number of halogens is 3. The minimum Gasteiger partial charge on any atom is -0.303 e. The summed E-state index contributed by atoms with van der Waals surface area (Å²) >= 11 is 15.5. The molecule has 0 fully saturated rings. The minimum absolute atomic E-state index is 0.332. The van der Waals surface area contributed by atoms with Crippen LogP contribution in [-0.4, -0.2) is 25.9 Å². The number of aryl methyl sites for hydroxylation is 1. The first kappa shape index (κ1) is 20.7. The van der Waals surface area contributed by atoms with Crippen molar-refractivity contribution in [1.29, 1.82) is 0 Å². The minimum atomic E-state index is -0.332. The number of aromatic nitrogens is 4. The van der Waals surface area contributed by atoms with Crippen molar-refractivity contribution in [3.63, 3.8) is 0 Å². The summed E-state index contributed by atoms with van der Waals surface area (Å²) in [7, 11) is 0. The smallest absolute Gasteiger partial charge is 0.274 e. The number of carbonyl (C=O) groups is 1. The van der Waals surface area contributed by atoms with E-state index in [0.717, 1.165) is 16.7 Å². The lowest BCUT2D eigenvalue weighted by molar-refractivity contribution is 0.102. The van der Waals surface area contributed by atoms with Gasteiger partial charge in [0.1, 0.15) is 5.69 Å². The number of nitrogens with zero attached hydrogens (tertiary/aromatic N) is 3. The van der Waals surface area contributed by atoms with E-state index in [0.29, 0.717) is 38.3 Å². The Morgan fingerprint density at radius 3 is 2.63 bits per heavy atom. The van der Waals surface area contributed by atoms with Crippen molar-refractivity contribution in [2.75, 3.05) is 5.32 Å². The van der Waals surface area contributed by atoms with Crippen LogP contribution in [0, 0.1) is 6.92 Å². The molecular formula is C21H16BrCl2N5O. The molecule has 9 heteroatoms. The van der Waals surface area contributed by atoms with E-state index in [-0.39, 0.29) is 5.91 Å². The summed E-state index contributed by atoms with van der Waals surface area (Å²) in [5, 5.41) is 15.2. The third-order valence-electron chi connectivity index (χ3n) is 4.45. The Kier molecular flexibility index (Phi) is 5.94. The average molecular weight is 505 g/mol. The quantitative estimate of drug-likeness (QED) is 0.352. The zero-order valence-electron chi connectivity index (χ0n) is 15.8. The van der Waals surface area contributed by atoms with Gasteiger partial charge in [0.2, 0.25) is 0 Å². The number of anilines is 1. The largest absolute Gasteiger partial charge is 0.303 e. The summed E-state index contributed by atoms with van der Waals surface area (Å²) in [5.74, 6) is 0.0768. The van der Waals surface area contributed by atoms with Crippen LogP contribution in [0.25, 0.3) is 11.3 Å². The summed E-state index contributed by atoms with van der Waals surface area (Å²) < 4.78 is 2.36. The number of nitrogens with one attached hydrogen (secondary N) is 2. The normalized spacial score (nSPS) is 10.9. The van der Waals surface area contributed by atoms with Gasteiger partial charge < -0.3 is 5.32 Å². The summed E-state index contributed by atoms with van der Waals surface area (Å²) in [5.41, 5.74) is 4.07. The molecule has 0 spiro atoms. The average Bonchev–Trinajstić information content (AvgIpc) is 3.33. The summed E-state index contributed by atoms with van der Waals surface area (Å²) in [4.78, 5) is 12.6. The van der Waals surface area contributed by atoms with Crippen molar-refractivity contribution in [1.82, 2.24) is 20.0 Å². The topological polar surface area (TPSA) is 75.6 Å². The molecule has 2 aromatic heterocycles. The molecule has 0 aliphatic carbocycles. The molecule has 0 aliphatic heterocycles. The molecule has 0 atom stereocenters. The second-order valence-electron chi connectivity index (χ2n) is 6.76. The fraction of sp³-hybridized carbons (Fsp3) is 0.0952. The SMILES string of the molecule is Cc1ccc(-c2cc(C(=O)Nc3nn(Cc4ccc(Cl)c(Cl)c4)cc3Br)[nH]n2)cc1. The third-order valence-corrected chi connectivity index (χ3v) is 5.77. The molecule has 0 radical (unpaired) electrons. The number of aromatic amines is 1. The Morgan fingerprint density at radius 2 is 1.90 bits per heavy atom. The fourth-order valence-electron chi connectivity index (χ4n) is 2.87. The van der Waals surface area contributed by atoms with Crippen molar-refractivity contribution >= 4 is 50.9 Å². The van der Waals surface area contributed by atoms with Gasteiger partial charge in [-0.3, -0.25) is 14.6 Å². The molecule has 2 aromatic carbocycles. The van der Waals surface area contributed by atoms with E-state index in [1.165, 1.54) is 0 Å². The Bertz CT molecular complexity index is 1220. The lowest BCUT2D eigenvalue weighted by atomic mass is 10.1. The highest BCUT2D eigenvalue weighted by molar-refractivity contribution is 9.10. The standard InChI is InChI=1S/C21H16BrCl2N5O/c1-12-2-5-14(6-3-12)18-9-19(27-26-18)21(30)25-20-15(22)11-29(28-20)10-13-4-7-16(23)17(24)8-13/h2-9,11H,10H2,1H3,(H,26,27)(H,25,28,30). The molecule has 0 aliphatic rings. The van der Waals surface area contributed by atoms with Crippen LogP contribution in [0.5, 0.6) is 0 Å². The van der Waals surface area contributed by atoms with Crippen molar-refractivity contribution < 1.29 is 4.79 Å². The van der Waals surface area contributed by atoms with Gasteiger partial charge in [0.05, 0.1) is 26.8 Å². The van der Waals surface area contributed by atoms with E-state index in [4.69, 9.17) is 23.2 Å². The number of benzene rings is 2. The molecule has 30 heavy (non-hydrogen) atoms. The predicted octanol–water partition coefficient (Wildman–Crippen LogP) is 5.95. The van der Waals surface area contributed by atoms with E-state index in [1.807, 2.05) is 37.3 Å². The number of rotatable bonds is 5. The number of carbonyl (C=O) groups excluding carboxylic acids is 1. The number of hydrogen-bond acceptors (Lipinski definition) is 3. The highest BCUT2D eigenvalue weighted by Gasteiger charge is 2.15. The van der Waals surface area contributed by atoms with E-state index in [2.05, 4.69) is 36.5 Å². The zero-order chi connectivity index (χ0) is 21.3. The van der Waals surface area contributed by atoms with Crippen LogP contribution in [0.4, 0.5) is 5.82 Å². The molecule has 0 saturated carbocycles. The molecule has 0 bridgehead atoms. The predicted molar refractivity (Wildman–Crippen MR) is 122 cm³/mol. The first-order chi connectivity index (χ1) is 14.4. The summed E-state index contributed by atoms with van der Waals surface area (Å²) in [6.45, 7) is 2.50. The highest BCUT2D eigenvalue weighted by atomic mass is 79.9. The number of hydrogen-bond donors (Lipinski definition) is 2. The van der Waals surface area contributed by atoms with E-state index < -0.39 is 0 Å². The van der Waals surface area contributed by atoms with Crippen LogP contribution in [0.15, 0.2) is 59.2 Å². The van der Waals surface area contributed by atoms with Crippen LogP contribution in [0.3, 0.4) is 0 Å². The van der Waals surface area contributed by atoms with Gasteiger partial charge in [0, 0.05) is 11.8 Å². The third kappa shape index (κ3) is 4.59. The van der Waals surface area contributed by atoms with Crippen LogP contribution in [0.2, 0.25) is 10.0 Å². The first-order valence-corrected chi connectivity index (χ1v) is 10.5. The van der Waals surface area contributed by atoms with Gasteiger partial charge in [-0.15, -0.1) is 0 Å². The van der Waals surface area contributed by atoms with Crippen LogP contribution < -0.4 is 5.32 Å². The van der Waals surface area contributed by atoms with E-state index in [9.17, 15) is 4.79 Å². The number of amides is 1. The summed E-state index contributed by atoms with van der Waals surface area (Å²) in [6.07, 6.45) is 1.78. The van der Waals surface area contributed by atoms with Gasteiger partial charge in [-0.1, -0.05) is 59.1 Å². The molecule has 0 saturated heterocycles. The second kappa shape index (κ2) is 8.63. The first-order valence-electron chi connectivity index (χ1n) is 9.00. The maximum Gasteiger partial charge on any atom is 0.274 e. The molecule has 1 amide bonds. The second-order valence-corrected chi connectivity index (χ2v) is 8.43. The van der Waals surface area contributed by atoms with Gasteiger partial charge in [-0.25, -0.2) is 0 Å². The fourth-order valence-corrected chi connectivity index (χ4v) is 3.61. The maximum absolute atomic E-state index is 12.6. The maximum atomic E-state index is 12.6. The molecule has 152 valence electrons. The van der Waals surface area contributed by atoms with Crippen molar-refractivity contribution in [2.24, 2.45) is 0 Å². The van der Waals surface area contributed by atoms with Crippen molar-refractivity contribution in [3.8, 4) is 11.3 Å². The molecule has 4 aromatic rings. The lowest BCUT2D eigenvalue weighted by Gasteiger charge is -2.04. The zero-order valence-corrected chi connectivity index (χ0v) is 18.9. The molecule has 4 rings (SSSR count). The van der Waals surface area contributed by atoms with Gasteiger partial charge in [0.25, 0.3) is 5.91 Å². The molecular weight excluding hydrogens is 489 g/mol. The Morgan fingerprint density at radius 1 is 1.13 bits per heavy atom. The molecule has 0 unspecified atom stereocenters. The monoisotopic (exact) mass is 503 g/mol. The van der Waals surface area contributed by atoms with Crippen molar-refractivity contribution in [2.45, 2.75) is 13.5 Å². The Hall–Kier alpha value is -2.61. The number of H-pyrrole nitrogens is 1. The van der Waals surface area contributed by atoms with Crippen LogP contribution >= 0.6 is 39.1 Å². The van der Waals surface area contributed by atoms with Crippen molar-refractivity contribution in [3.05, 3.63) is 86.1 Å². The molecule has 2 heterocycles. The molecule has 2 N–H and O–H groups in total.